The van der Waals surface area contributed by atoms with Crippen LogP contribution >= 0.6 is 0 Å². The molecule has 53 heavy (non-hydrogen) atoms. The maximum Gasteiger partial charge on any atom is 0.164 e. The molecule has 0 radical (unpaired) electrons. The summed E-state index contributed by atoms with van der Waals surface area (Å²) in [5.41, 5.74) is 10.5. The van der Waals surface area contributed by atoms with Gasteiger partial charge in [0.05, 0.1) is 0 Å². The van der Waals surface area contributed by atoms with E-state index in [0.717, 1.165) is 66.8 Å². The molecule has 4 nitrogen and oxygen atoms in total. The molecule has 2 heterocycles. The van der Waals surface area contributed by atoms with Crippen molar-refractivity contribution in [3.63, 3.8) is 0 Å². The van der Waals surface area contributed by atoms with Gasteiger partial charge in [-0.15, -0.1) is 0 Å². The molecule has 4 heteroatoms. The highest BCUT2D eigenvalue weighted by atomic mass is 16.5. The van der Waals surface area contributed by atoms with E-state index >= 15 is 0 Å². The molecule has 8 aromatic rings. The van der Waals surface area contributed by atoms with Crippen molar-refractivity contribution in [1.29, 1.82) is 0 Å². The number of ether oxygens (including phenoxy) is 1. The molecule has 0 fully saturated rings. The second-order valence-corrected chi connectivity index (χ2v) is 13.6. The monoisotopic (exact) mass is 679 g/mol. The molecule has 0 bridgehead atoms. The summed E-state index contributed by atoms with van der Waals surface area (Å²) in [6.07, 6.45) is 8.44. The van der Waals surface area contributed by atoms with Gasteiger partial charge in [0.1, 0.15) is 11.9 Å². The van der Waals surface area contributed by atoms with Crippen LogP contribution in [0.25, 0.3) is 78.3 Å². The summed E-state index contributed by atoms with van der Waals surface area (Å²) in [6.45, 7) is 0. The van der Waals surface area contributed by atoms with Crippen molar-refractivity contribution in [1.82, 2.24) is 15.0 Å². The number of nitrogens with zero attached hydrogens (tertiary/aromatic N) is 3. The molecule has 1 aromatic heterocycles. The van der Waals surface area contributed by atoms with Crippen molar-refractivity contribution in [3.8, 4) is 73.3 Å². The molecule has 1 aliphatic carbocycles. The normalized spacial score (nSPS) is 15.5. The van der Waals surface area contributed by atoms with Gasteiger partial charge in [0.25, 0.3) is 0 Å². The minimum atomic E-state index is -0.0861. The zero-order chi connectivity index (χ0) is 35.1. The van der Waals surface area contributed by atoms with Gasteiger partial charge in [-0.2, -0.15) is 0 Å². The molecule has 0 saturated carbocycles. The highest BCUT2D eigenvalue weighted by Gasteiger charge is 2.36. The first-order valence-electron chi connectivity index (χ1n) is 18.0. The first-order valence-corrected chi connectivity index (χ1v) is 18.0. The average Bonchev–Trinajstić information content (AvgIpc) is 3.62. The van der Waals surface area contributed by atoms with Gasteiger partial charge in [0, 0.05) is 28.2 Å². The van der Waals surface area contributed by atoms with Crippen LogP contribution in [-0.4, -0.2) is 21.1 Å². The van der Waals surface area contributed by atoms with Crippen LogP contribution in [0, 0.1) is 0 Å². The van der Waals surface area contributed by atoms with E-state index in [1.807, 2.05) is 18.2 Å². The third kappa shape index (κ3) is 5.81. The summed E-state index contributed by atoms with van der Waals surface area (Å²) in [5, 5.41) is 2.30. The smallest absolute Gasteiger partial charge is 0.164 e. The van der Waals surface area contributed by atoms with Crippen molar-refractivity contribution in [3.05, 3.63) is 194 Å². The van der Waals surface area contributed by atoms with E-state index in [0.29, 0.717) is 17.5 Å². The van der Waals surface area contributed by atoms with E-state index in [9.17, 15) is 0 Å². The Morgan fingerprint density at radius 2 is 0.906 bits per heavy atom. The first-order chi connectivity index (χ1) is 26.2. The quantitative estimate of drug-likeness (QED) is 0.175. The second kappa shape index (κ2) is 13.0. The average molecular weight is 680 g/mol. The van der Waals surface area contributed by atoms with Crippen molar-refractivity contribution >= 4 is 10.8 Å². The fourth-order valence-corrected chi connectivity index (χ4v) is 7.59. The maximum absolute atomic E-state index is 6.63. The summed E-state index contributed by atoms with van der Waals surface area (Å²) in [4.78, 5) is 15.9. The van der Waals surface area contributed by atoms with Gasteiger partial charge in [-0.3, -0.25) is 0 Å². The van der Waals surface area contributed by atoms with E-state index in [4.69, 9.17) is 19.7 Å². The molecule has 2 atom stereocenters. The van der Waals surface area contributed by atoms with Gasteiger partial charge < -0.3 is 4.74 Å². The number of fused-ring (bicyclic) bond motifs is 4. The topological polar surface area (TPSA) is 47.9 Å². The fraction of sp³-hybridized carbons (Fsp3) is 0.0408. The minimum absolute atomic E-state index is 0.0465. The molecule has 7 aromatic carbocycles. The van der Waals surface area contributed by atoms with Crippen LogP contribution in [0.1, 0.15) is 11.5 Å². The number of rotatable bonds is 6. The van der Waals surface area contributed by atoms with E-state index in [-0.39, 0.29) is 12.0 Å². The van der Waals surface area contributed by atoms with Crippen LogP contribution in [0.3, 0.4) is 0 Å². The summed E-state index contributed by atoms with van der Waals surface area (Å²) < 4.78 is 6.63. The molecule has 2 unspecified atom stereocenters. The molecule has 1 aliphatic heterocycles. The molecule has 0 spiro atoms. The number of aromatic nitrogens is 3. The summed E-state index contributed by atoms with van der Waals surface area (Å²) in [5.74, 6) is 2.76. The van der Waals surface area contributed by atoms with Gasteiger partial charge >= 0.3 is 0 Å². The third-order valence-corrected chi connectivity index (χ3v) is 10.2. The fourth-order valence-electron chi connectivity index (χ4n) is 7.59. The Kier molecular flexibility index (Phi) is 7.58. The number of hydrogen-bond donors (Lipinski definition) is 0. The minimum Gasteiger partial charge on any atom is -0.485 e. The third-order valence-electron chi connectivity index (χ3n) is 10.2. The Labute approximate surface area is 308 Å². The van der Waals surface area contributed by atoms with E-state index in [2.05, 4.69) is 170 Å². The summed E-state index contributed by atoms with van der Waals surface area (Å²) in [7, 11) is 0. The lowest BCUT2D eigenvalue weighted by Gasteiger charge is -2.17. The van der Waals surface area contributed by atoms with Crippen molar-refractivity contribution < 1.29 is 4.74 Å². The van der Waals surface area contributed by atoms with Crippen LogP contribution in [0.15, 0.2) is 188 Å². The Morgan fingerprint density at radius 1 is 0.377 bits per heavy atom. The standard InChI is InChI=1S/C49H33N3O/c1-4-14-32(15-5-1)38-27-39(33-16-6-2-7-17-33)29-41(28-38)48-50-47(37-25-24-35-20-10-11-21-36(35)26-37)51-49(52-48)43-30-40(34-18-8-3-9-19-34)31-45-46(43)42-22-12-13-23-44(42)53-45/h1-31,42,44H. The zero-order valence-corrected chi connectivity index (χ0v) is 28.8. The van der Waals surface area contributed by atoms with Gasteiger partial charge in [0.15, 0.2) is 17.5 Å². The van der Waals surface area contributed by atoms with Gasteiger partial charge in [-0.1, -0.05) is 146 Å². The predicted octanol–water partition coefficient (Wildman–Crippen LogP) is 12.0. The maximum atomic E-state index is 6.63. The molecule has 2 aliphatic rings. The summed E-state index contributed by atoms with van der Waals surface area (Å²) >= 11 is 0. The lowest BCUT2D eigenvalue weighted by Crippen LogP contribution is -2.16. The Balaban J connectivity index is 1.24. The molecule has 0 N–H and O–H groups in total. The first kappa shape index (κ1) is 30.9. The predicted molar refractivity (Wildman–Crippen MR) is 215 cm³/mol. The van der Waals surface area contributed by atoms with Crippen LogP contribution in [0.4, 0.5) is 0 Å². The molecular formula is C49H33N3O. The molecule has 0 saturated heterocycles. The summed E-state index contributed by atoms with van der Waals surface area (Å²) in [6, 6.07) is 57.3. The molecule has 0 amide bonds. The highest BCUT2D eigenvalue weighted by Crippen LogP contribution is 2.48. The zero-order valence-electron chi connectivity index (χ0n) is 28.8. The van der Waals surface area contributed by atoms with E-state index in [1.54, 1.807) is 0 Å². The second-order valence-electron chi connectivity index (χ2n) is 13.6. The van der Waals surface area contributed by atoms with Crippen LogP contribution in [0.5, 0.6) is 5.75 Å². The van der Waals surface area contributed by atoms with Crippen molar-refractivity contribution in [2.75, 3.05) is 0 Å². The molecular weight excluding hydrogens is 647 g/mol. The molecule has 250 valence electrons. The van der Waals surface area contributed by atoms with Crippen LogP contribution in [-0.2, 0) is 0 Å². The SMILES string of the molecule is C1=CC2Oc3cc(-c4ccccc4)cc(-c4nc(-c5cc(-c6ccccc6)cc(-c6ccccc6)c5)nc(-c5ccc6ccccc6c5)n4)c3C2C=C1. The molecule has 10 rings (SSSR count). The lowest BCUT2D eigenvalue weighted by atomic mass is 9.87. The Bertz CT molecular complexity index is 2640. The van der Waals surface area contributed by atoms with Crippen LogP contribution in [0.2, 0.25) is 0 Å². The van der Waals surface area contributed by atoms with Crippen LogP contribution < -0.4 is 4.74 Å². The van der Waals surface area contributed by atoms with E-state index < -0.39 is 0 Å². The Morgan fingerprint density at radius 3 is 1.57 bits per heavy atom. The van der Waals surface area contributed by atoms with Gasteiger partial charge in [-0.25, -0.2) is 15.0 Å². The highest BCUT2D eigenvalue weighted by molar-refractivity contribution is 5.87. The van der Waals surface area contributed by atoms with Crippen molar-refractivity contribution in [2.24, 2.45) is 0 Å². The number of benzene rings is 7. The largest absolute Gasteiger partial charge is 0.485 e. The van der Waals surface area contributed by atoms with Crippen molar-refractivity contribution in [2.45, 2.75) is 12.0 Å². The van der Waals surface area contributed by atoms with E-state index in [1.165, 1.54) is 5.39 Å². The lowest BCUT2D eigenvalue weighted by molar-refractivity contribution is 0.269. The Hall–Kier alpha value is -6.91. The van der Waals surface area contributed by atoms with Gasteiger partial charge in [0.2, 0.25) is 0 Å². The number of hydrogen-bond acceptors (Lipinski definition) is 4. The van der Waals surface area contributed by atoms with Gasteiger partial charge in [-0.05, 0) is 86.6 Å². The number of allylic oxidation sites excluding steroid dienone is 2.